The fourth-order valence-corrected chi connectivity index (χ4v) is 1.89. The third-order valence-corrected chi connectivity index (χ3v) is 2.72. The van der Waals surface area contributed by atoms with Gasteiger partial charge in [0.2, 0.25) is 0 Å². The number of nitrogens with zero attached hydrogens (tertiary/aromatic N) is 1. The van der Waals surface area contributed by atoms with Gasteiger partial charge in [0.1, 0.15) is 6.10 Å². The molecule has 0 aliphatic carbocycles. The molecule has 0 saturated carbocycles. The molecule has 1 fully saturated rings. The normalized spacial score (nSPS) is 44.4. The molecule has 0 aromatic carbocycles. The van der Waals surface area contributed by atoms with Gasteiger partial charge in [-0.05, 0) is 33.9 Å². The van der Waals surface area contributed by atoms with Crippen LogP contribution in [0.2, 0.25) is 0 Å². The van der Waals surface area contributed by atoms with Gasteiger partial charge in [0.25, 0.3) is 0 Å². The first-order chi connectivity index (χ1) is 6.49. The molecule has 1 saturated heterocycles. The van der Waals surface area contributed by atoms with Crippen LogP contribution < -0.4 is 0 Å². The van der Waals surface area contributed by atoms with Crippen molar-refractivity contribution in [1.82, 2.24) is 4.90 Å². The summed E-state index contributed by atoms with van der Waals surface area (Å²) in [6.07, 6.45) is -2.83. The number of aliphatic hydroxyl groups is 2. The van der Waals surface area contributed by atoms with Crippen molar-refractivity contribution in [3.05, 3.63) is 0 Å². The van der Waals surface area contributed by atoms with Crippen molar-refractivity contribution in [2.24, 2.45) is 0 Å². The molecule has 14 heavy (non-hydrogen) atoms. The van der Waals surface area contributed by atoms with Gasteiger partial charge in [0.15, 0.2) is 6.29 Å². The lowest BCUT2D eigenvalue weighted by Gasteiger charge is -2.43. The standard InChI is InChI=1S/C8H17NO4S/c1-4-6(10)5(9(2)3)7(11)8(12-4)13-14/h4-8,10-11,14H,1-3H3/t4-,5?,6-,7?,8+/m1/s1. The number of likely N-dealkylation sites (N-methyl/N-ethyl adjacent to an activating group) is 1. The molecule has 0 amide bonds. The summed E-state index contributed by atoms with van der Waals surface area (Å²) in [6.45, 7) is 1.73. The minimum Gasteiger partial charge on any atom is -0.389 e. The number of thiol groups is 1. The fourth-order valence-electron chi connectivity index (χ4n) is 1.71. The fraction of sp³-hybridized carbons (Fsp3) is 1.00. The van der Waals surface area contributed by atoms with Crippen molar-refractivity contribution in [2.45, 2.75) is 37.6 Å². The van der Waals surface area contributed by atoms with Crippen LogP contribution in [0, 0.1) is 0 Å². The van der Waals surface area contributed by atoms with Crippen molar-refractivity contribution in [3.63, 3.8) is 0 Å². The molecular formula is C8H17NO4S. The first kappa shape index (κ1) is 12.2. The van der Waals surface area contributed by atoms with Crippen LogP contribution in [0.15, 0.2) is 0 Å². The summed E-state index contributed by atoms with van der Waals surface area (Å²) in [7, 11) is 3.56. The van der Waals surface area contributed by atoms with Crippen molar-refractivity contribution in [1.29, 1.82) is 0 Å². The Kier molecular flexibility index (Phi) is 4.17. The van der Waals surface area contributed by atoms with Gasteiger partial charge in [-0.1, -0.05) is 0 Å². The Morgan fingerprint density at radius 2 is 1.86 bits per heavy atom. The van der Waals surface area contributed by atoms with E-state index in [4.69, 9.17) is 4.74 Å². The predicted octanol–water partition coefficient (Wildman–Crippen LogP) is -0.755. The lowest BCUT2D eigenvalue weighted by Crippen LogP contribution is -2.61. The quantitative estimate of drug-likeness (QED) is 0.424. The van der Waals surface area contributed by atoms with Crippen LogP contribution in [0.3, 0.4) is 0 Å². The minimum absolute atomic E-state index is 0.386. The molecule has 0 radical (unpaired) electrons. The topological polar surface area (TPSA) is 62.2 Å². The highest BCUT2D eigenvalue weighted by Gasteiger charge is 2.44. The summed E-state index contributed by atoms with van der Waals surface area (Å²) in [5, 5.41) is 19.6. The molecule has 5 nitrogen and oxygen atoms in total. The Morgan fingerprint density at radius 3 is 2.29 bits per heavy atom. The van der Waals surface area contributed by atoms with E-state index in [1.54, 1.807) is 25.9 Å². The highest BCUT2D eigenvalue weighted by Crippen LogP contribution is 2.24. The van der Waals surface area contributed by atoms with Crippen LogP contribution in [-0.2, 0) is 8.92 Å². The molecule has 1 aliphatic heterocycles. The minimum atomic E-state index is -0.909. The summed E-state index contributed by atoms with van der Waals surface area (Å²) in [5.74, 6) is 0. The molecule has 1 rings (SSSR count). The monoisotopic (exact) mass is 223 g/mol. The Balaban J connectivity index is 2.78. The molecular weight excluding hydrogens is 206 g/mol. The van der Waals surface area contributed by atoms with Crippen LogP contribution in [0.25, 0.3) is 0 Å². The molecule has 5 atom stereocenters. The average Bonchev–Trinajstić information content (AvgIpc) is 2.11. The van der Waals surface area contributed by atoms with Crippen molar-refractivity contribution < 1.29 is 19.1 Å². The average molecular weight is 223 g/mol. The van der Waals surface area contributed by atoms with E-state index < -0.39 is 24.5 Å². The maximum atomic E-state index is 9.79. The lowest BCUT2D eigenvalue weighted by molar-refractivity contribution is -0.248. The van der Waals surface area contributed by atoms with Crippen molar-refractivity contribution in [3.8, 4) is 0 Å². The summed E-state index contributed by atoms with van der Waals surface area (Å²) >= 11 is 3.62. The molecule has 6 heteroatoms. The van der Waals surface area contributed by atoms with Gasteiger partial charge < -0.3 is 19.8 Å². The van der Waals surface area contributed by atoms with Gasteiger partial charge in [-0.3, -0.25) is 4.18 Å². The molecule has 1 heterocycles. The highest BCUT2D eigenvalue weighted by atomic mass is 32.1. The Labute approximate surface area is 89.2 Å². The van der Waals surface area contributed by atoms with Crippen LogP contribution >= 0.6 is 12.9 Å². The molecule has 2 unspecified atom stereocenters. The first-order valence-electron chi connectivity index (χ1n) is 4.47. The van der Waals surface area contributed by atoms with E-state index >= 15 is 0 Å². The Bertz CT molecular complexity index is 192. The molecule has 0 bridgehead atoms. The zero-order valence-electron chi connectivity index (χ0n) is 8.49. The molecule has 0 aromatic rings. The second-order valence-electron chi connectivity index (χ2n) is 3.75. The molecule has 84 valence electrons. The summed E-state index contributed by atoms with van der Waals surface area (Å²) in [5.41, 5.74) is 0. The van der Waals surface area contributed by atoms with Crippen molar-refractivity contribution in [2.75, 3.05) is 14.1 Å². The summed E-state index contributed by atoms with van der Waals surface area (Å²) in [6, 6.07) is -0.407. The zero-order chi connectivity index (χ0) is 10.9. The first-order valence-corrected chi connectivity index (χ1v) is 4.83. The smallest absolute Gasteiger partial charge is 0.198 e. The number of hydrogen-bond acceptors (Lipinski definition) is 6. The van der Waals surface area contributed by atoms with Crippen LogP contribution in [0.4, 0.5) is 0 Å². The molecule has 2 N–H and O–H groups in total. The van der Waals surface area contributed by atoms with Gasteiger partial charge in [-0.25, -0.2) is 0 Å². The van der Waals surface area contributed by atoms with Gasteiger partial charge >= 0.3 is 0 Å². The highest BCUT2D eigenvalue weighted by molar-refractivity contribution is 7.75. The Hall–Kier alpha value is 0.150. The maximum absolute atomic E-state index is 9.79. The second kappa shape index (κ2) is 4.78. The summed E-state index contributed by atoms with van der Waals surface area (Å²) < 4.78 is 9.90. The third-order valence-electron chi connectivity index (χ3n) is 2.51. The third kappa shape index (κ3) is 2.21. The predicted molar refractivity (Wildman–Crippen MR) is 53.9 cm³/mol. The largest absolute Gasteiger partial charge is 0.389 e. The number of rotatable bonds is 2. The molecule has 0 spiro atoms. The number of hydrogen-bond donors (Lipinski definition) is 3. The van der Waals surface area contributed by atoms with E-state index in [1.165, 1.54) is 0 Å². The van der Waals surface area contributed by atoms with Crippen molar-refractivity contribution >= 4 is 12.9 Å². The van der Waals surface area contributed by atoms with Gasteiger partial charge in [0.05, 0.1) is 18.2 Å². The van der Waals surface area contributed by atoms with Gasteiger partial charge in [-0.2, -0.15) is 0 Å². The lowest BCUT2D eigenvalue weighted by atomic mass is 9.96. The molecule has 1 aliphatic rings. The molecule has 0 aromatic heterocycles. The zero-order valence-corrected chi connectivity index (χ0v) is 9.39. The maximum Gasteiger partial charge on any atom is 0.198 e. The Morgan fingerprint density at radius 1 is 1.29 bits per heavy atom. The second-order valence-corrected chi connectivity index (χ2v) is 3.96. The number of aliphatic hydroxyl groups excluding tert-OH is 2. The van der Waals surface area contributed by atoms with E-state index in [2.05, 4.69) is 17.1 Å². The van der Waals surface area contributed by atoms with E-state index in [9.17, 15) is 10.2 Å². The SMILES string of the molecule is C[C@H]1O[C@@H](OS)C(O)C(N(C)C)[C@@H]1O. The van der Waals surface area contributed by atoms with Gasteiger partial charge in [0, 0.05) is 0 Å². The van der Waals surface area contributed by atoms with Crippen LogP contribution in [0.5, 0.6) is 0 Å². The van der Waals surface area contributed by atoms with Gasteiger partial charge in [-0.15, -0.1) is 0 Å². The van der Waals surface area contributed by atoms with E-state index in [0.717, 1.165) is 0 Å². The van der Waals surface area contributed by atoms with E-state index in [1.807, 2.05) is 0 Å². The van der Waals surface area contributed by atoms with Crippen LogP contribution in [0.1, 0.15) is 6.92 Å². The number of ether oxygens (including phenoxy) is 1. The van der Waals surface area contributed by atoms with Crippen LogP contribution in [-0.4, -0.2) is 59.9 Å². The van der Waals surface area contributed by atoms with E-state index in [0.29, 0.717) is 0 Å². The van der Waals surface area contributed by atoms with E-state index in [-0.39, 0.29) is 6.10 Å². The summed E-state index contributed by atoms with van der Waals surface area (Å²) in [4.78, 5) is 1.74.